The Balaban J connectivity index is 2.45. The monoisotopic (exact) mass is 323 g/mol. The highest BCUT2D eigenvalue weighted by molar-refractivity contribution is 5.78. The van der Waals surface area contributed by atoms with Crippen molar-refractivity contribution in [2.24, 2.45) is 5.41 Å². The summed E-state index contributed by atoms with van der Waals surface area (Å²) >= 11 is 0. The number of carboxylic acid groups (broad SMARTS) is 1. The maximum absolute atomic E-state index is 11.8. The van der Waals surface area contributed by atoms with E-state index in [-0.39, 0.29) is 12.5 Å². The summed E-state index contributed by atoms with van der Waals surface area (Å²) in [6.45, 7) is 3.28. The van der Waals surface area contributed by atoms with Gasteiger partial charge in [-0.25, -0.2) is 0 Å². The molecule has 23 heavy (non-hydrogen) atoms. The number of aliphatic carboxylic acids is 1. The summed E-state index contributed by atoms with van der Waals surface area (Å²) in [7, 11) is 3.19. The Kier molecular flexibility index (Phi) is 6.88. The zero-order chi connectivity index (χ0) is 17.5. The second-order valence-corrected chi connectivity index (χ2v) is 6.00. The molecule has 2 N–H and O–H groups in total. The van der Waals surface area contributed by atoms with E-state index in [0.717, 1.165) is 17.1 Å². The summed E-state index contributed by atoms with van der Waals surface area (Å²) < 4.78 is 10.5. The highest BCUT2D eigenvalue weighted by atomic mass is 16.5. The highest BCUT2D eigenvalue weighted by Crippen LogP contribution is 2.25. The normalized spacial score (nSPS) is 11.0. The minimum atomic E-state index is -0.963. The minimum absolute atomic E-state index is 0.118. The van der Waals surface area contributed by atoms with Crippen LogP contribution < -0.4 is 14.8 Å². The molecule has 0 aliphatic heterocycles. The van der Waals surface area contributed by atoms with Gasteiger partial charge in [0, 0.05) is 19.0 Å². The Labute approximate surface area is 136 Å². The molecular weight excluding hydrogens is 298 g/mol. The van der Waals surface area contributed by atoms with Crippen LogP contribution >= 0.6 is 0 Å². The molecule has 1 amide bonds. The fourth-order valence-electron chi connectivity index (χ4n) is 1.98. The minimum Gasteiger partial charge on any atom is -0.497 e. The zero-order valence-electron chi connectivity index (χ0n) is 14.1. The molecular formula is C17H25NO5. The first kappa shape index (κ1) is 18.8. The molecule has 1 aromatic carbocycles. The Morgan fingerprint density at radius 1 is 1.22 bits per heavy atom. The molecule has 0 bridgehead atoms. The highest BCUT2D eigenvalue weighted by Gasteiger charge is 2.27. The van der Waals surface area contributed by atoms with Gasteiger partial charge in [0.15, 0.2) is 0 Å². The molecule has 0 atom stereocenters. The van der Waals surface area contributed by atoms with Crippen molar-refractivity contribution in [3.05, 3.63) is 23.8 Å². The van der Waals surface area contributed by atoms with E-state index in [1.54, 1.807) is 28.1 Å². The Morgan fingerprint density at radius 2 is 1.91 bits per heavy atom. The largest absolute Gasteiger partial charge is 0.497 e. The molecule has 0 saturated heterocycles. The van der Waals surface area contributed by atoms with Crippen LogP contribution in [0.4, 0.5) is 0 Å². The van der Waals surface area contributed by atoms with Gasteiger partial charge in [-0.2, -0.15) is 0 Å². The predicted octanol–water partition coefficient (Wildman–Crippen LogP) is 2.25. The number of ether oxygens (including phenoxy) is 2. The van der Waals surface area contributed by atoms with Crippen molar-refractivity contribution >= 4 is 11.9 Å². The maximum atomic E-state index is 11.8. The fourth-order valence-corrected chi connectivity index (χ4v) is 1.98. The van der Waals surface area contributed by atoms with Crippen molar-refractivity contribution in [1.29, 1.82) is 0 Å². The van der Waals surface area contributed by atoms with Crippen molar-refractivity contribution in [3.63, 3.8) is 0 Å². The third kappa shape index (κ3) is 5.81. The standard InChI is InChI=1S/C17H25NO5/c1-17(2,16(20)21)11-18-15(19)7-5-6-12-8-9-13(22-3)10-14(12)23-4/h8-10H,5-7,11H2,1-4H3,(H,18,19)(H,20,21). The van der Waals surface area contributed by atoms with Gasteiger partial charge >= 0.3 is 5.97 Å². The van der Waals surface area contributed by atoms with E-state index in [9.17, 15) is 9.59 Å². The van der Waals surface area contributed by atoms with E-state index in [4.69, 9.17) is 14.6 Å². The number of carbonyl (C=O) groups is 2. The van der Waals surface area contributed by atoms with Crippen LogP contribution in [0, 0.1) is 5.41 Å². The first-order valence-electron chi connectivity index (χ1n) is 7.51. The number of rotatable bonds is 9. The number of aryl methyl sites for hydroxylation is 1. The van der Waals surface area contributed by atoms with E-state index in [0.29, 0.717) is 19.3 Å². The van der Waals surface area contributed by atoms with Crippen LogP contribution in [0.25, 0.3) is 0 Å². The summed E-state index contributed by atoms with van der Waals surface area (Å²) in [4.78, 5) is 22.8. The summed E-state index contributed by atoms with van der Waals surface area (Å²) in [5.41, 5.74) is 0.0430. The van der Waals surface area contributed by atoms with Crippen molar-refractivity contribution < 1.29 is 24.2 Å². The second kappa shape index (κ2) is 8.41. The Bertz CT molecular complexity index is 554. The first-order chi connectivity index (χ1) is 10.8. The molecule has 6 heteroatoms. The van der Waals surface area contributed by atoms with Crippen LogP contribution in [0.15, 0.2) is 18.2 Å². The molecule has 6 nitrogen and oxygen atoms in total. The smallest absolute Gasteiger partial charge is 0.310 e. The number of hydrogen-bond acceptors (Lipinski definition) is 4. The van der Waals surface area contributed by atoms with E-state index in [2.05, 4.69) is 5.32 Å². The molecule has 0 aliphatic rings. The Morgan fingerprint density at radius 3 is 2.48 bits per heavy atom. The number of methoxy groups -OCH3 is 2. The summed E-state index contributed by atoms with van der Waals surface area (Å²) in [6, 6.07) is 5.58. The number of hydrogen-bond donors (Lipinski definition) is 2. The van der Waals surface area contributed by atoms with Gasteiger partial charge in [-0.1, -0.05) is 6.07 Å². The average molecular weight is 323 g/mol. The molecule has 1 rings (SSSR count). The van der Waals surface area contributed by atoms with Crippen LogP contribution in [0.5, 0.6) is 11.5 Å². The first-order valence-corrected chi connectivity index (χ1v) is 7.51. The zero-order valence-corrected chi connectivity index (χ0v) is 14.1. The van der Waals surface area contributed by atoms with Gasteiger partial charge in [-0.3, -0.25) is 9.59 Å². The molecule has 0 radical (unpaired) electrons. The lowest BCUT2D eigenvalue weighted by atomic mass is 9.94. The number of benzene rings is 1. The van der Waals surface area contributed by atoms with Gasteiger partial charge in [0.25, 0.3) is 0 Å². The summed E-state index contributed by atoms with van der Waals surface area (Å²) in [6.07, 6.45) is 1.69. The quantitative estimate of drug-likeness (QED) is 0.728. The van der Waals surface area contributed by atoms with Crippen molar-refractivity contribution in [2.75, 3.05) is 20.8 Å². The van der Waals surface area contributed by atoms with Gasteiger partial charge < -0.3 is 19.9 Å². The van der Waals surface area contributed by atoms with Gasteiger partial charge in [-0.15, -0.1) is 0 Å². The summed E-state index contributed by atoms with van der Waals surface area (Å²) in [5, 5.41) is 11.7. The number of amides is 1. The molecule has 0 saturated carbocycles. The molecule has 1 aromatic rings. The van der Waals surface area contributed by atoms with E-state index >= 15 is 0 Å². The third-order valence-corrected chi connectivity index (χ3v) is 3.65. The predicted molar refractivity (Wildman–Crippen MR) is 86.9 cm³/mol. The van der Waals surface area contributed by atoms with Gasteiger partial charge in [0.1, 0.15) is 11.5 Å². The lowest BCUT2D eigenvalue weighted by molar-refractivity contribution is -0.146. The third-order valence-electron chi connectivity index (χ3n) is 3.65. The van der Waals surface area contributed by atoms with Crippen LogP contribution in [-0.2, 0) is 16.0 Å². The molecule has 0 aliphatic carbocycles. The number of carbonyl (C=O) groups excluding carboxylic acids is 1. The number of carboxylic acids is 1. The second-order valence-electron chi connectivity index (χ2n) is 6.00. The molecule has 0 spiro atoms. The SMILES string of the molecule is COc1ccc(CCCC(=O)NCC(C)(C)C(=O)O)c(OC)c1. The lowest BCUT2D eigenvalue weighted by Crippen LogP contribution is -2.38. The van der Waals surface area contributed by atoms with Crippen LogP contribution in [0.3, 0.4) is 0 Å². The molecule has 0 fully saturated rings. The van der Waals surface area contributed by atoms with Crippen molar-refractivity contribution in [1.82, 2.24) is 5.32 Å². The molecule has 0 aromatic heterocycles. The van der Waals surface area contributed by atoms with Gasteiger partial charge in [-0.05, 0) is 38.3 Å². The molecule has 128 valence electrons. The molecule has 0 heterocycles. The lowest BCUT2D eigenvalue weighted by Gasteiger charge is -2.19. The van der Waals surface area contributed by atoms with Crippen LogP contribution in [0.1, 0.15) is 32.3 Å². The van der Waals surface area contributed by atoms with Crippen LogP contribution in [-0.4, -0.2) is 37.7 Å². The van der Waals surface area contributed by atoms with Crippen molar-refractivity contribution in [2.45, 2.75) is 33.1 Å². The maximum Gasteiger partial charge on any atom is 0.310 e. The van der Waals surface area contributed by atoms with E-state index < -0.39 is 11.4 Å². The number of nitrogens with one attached hydrogen (secondary N) is 1. The Hall–Kier alpha value is -2.24. The fraction of sp³-hybridized carbons (Fsp3) is 0.529. The summed E-state index contributed by atoms with van der Waals surface area (Å²) in [5.74, 6) is 0.378. The average Bonchev–Trinajstić information content (AvgIpc) is 2.53. The molecule has 0 unspecified atom stereocenters. The van der Waals surface area contributed by atoms with E-state index in [1.807, 2.05) is 18.2 Å². The van der Waals surface area contributed by atoms with Gasteiger partial charge in [0.2, 0.25) is 5.91 Å². The van der Waals surface area contributed by atoms with Gasteiger partial charge in [0.05, 0.1) is 19.6 Å². The van der Waals surface area contributed by atoms with Crippen LogP contribution in [0.2, 0.25) is 0 Å². The van der Waals surface area contributed by atoms with E-state index in [1.165, 1.54) is 0 Å². The van der Waals surface area contributed by atoms with Crippen molar-refractivity contribution in [3.8, 4) is 11.5 Å². The topological polar surface area (TPSA) is 84.9 Å².